The molecule has 2 aromatic rings. The van der Waals surface area contributed by atoms with Crippen LogP contribution in [-0.4, -0.2) is 46.3 Å². The summed E-state index contributed by atoms with van der Waals surface area (Å²) < 4.78 is 0. The third-order valence-corrected chi connectivity index (χ3v) is 4.73. The zero-order valence-corrected chi connectivity index (χ0v) is 15.1. The molecule has 0 aliphatic carbocycles. The molecule has 1 saturated heterocycles. The Morgan fingerprint density at radius 3 is 2.80 bits per heavy atom. The van der Waals surface area contributed by atoms with Crippen LogP contribution in [0.1, 0.15) is 42.3 Å². The Kier molecular flexibility index (Phi) is 5.76. The molecule has 0 radical (unpaired) electrons. The number of rotatable bonds is 6. The topological polar surface area (TPSA) is 49.3 Å². The number of hydrogen-bond donors (Lipinski definition) is 0. The summed E-state index contributed by atoms with van der Waals surface area (Å²) in [5, 5.41) is 0. The molecule has 0 bridgehead atoms. The van der Waals surface area contributed by atoms with Crippen LogP contribution in [0.5, 0.6) is 0 Å². The van der Waals surface area contributed by atoms with Gasteiger partial charge in [0.2, 0.25) is 5.91 Å². The van der Waals surface area contributed by atoms with E-state index in [0.717, 1.165) is 30.9 Å². The van der Waals surface area contributed by atoms with Crippen LogP contribution in [0.25, 0.3) is 0 Å². The Morgan fingerprint density at radius 1 is 1.24 bits per heavy atom. The van der Waals surface area contributed by atoms with Gasteiger partial charge in [-0.1, -0.05) is 30.3 Å². The molecule has 3 rings (SSSR count). The summed E-state index contributed by atoms with van der Waals surface area (Å²) in [4.78, 5) is 25.1. The van der Waals surface area contributed by atoms with E-state index in [9.17, 15) is 4.79 Å². The van der Waals surface area contributed by atoms with Gasteiger partial charge in [-0.05, 0) is 31.4 Å². The van der Waals surface area contributed by atoms with Gasteiger partial charge in [-0.25, -0.2) is 0 Å². The molecule has 5 heteroatoms. The molecule has 1 aliphatic rings. The van der Waals surface area contributed by atoms with E-state index >= 15 is 0 Å². The van der Waals surface area contributed by atoms with E-state index < -0.39 is 0 Å². The summed E-state index contributed by atoms with van der Waals surface area (Å²) >= 11 is 0. The van der Waals surface area contributed by atoms with E-state index in [4.69, 9.17) is 4.98 Å². The average molecular weight is 338 g/mol. The zero-order valence-electron chi connectivity index (χ0n) is 15.1. The van der Waals surface area contributed by atoms with Crippen molar-refractivity contribution in [3.05, 3.63) is 59.7 Å². The maximum atomic E-state index is 11.8. The Hall–Kier alpha value is -2.27. The first-order valence-corrected chi connectivity index (χ1v) is 8.92. The van der Waals surface area contributed by atoms with Crippen LogP contribution in [0.2, 0.25) is 0 Å². The highest BCUT2D eigenvalue weighted by molar-refractivity contribution is 5.75. The molecule has 1 amide bonds. The lowest BCUT2D eigenvalue weighted by atomic mass is 10.1. The van der Waals surface area contributed by atoms with Crippen LogP contribution in [0.4, 0.5) is 0 Å². The molecule has 1 aromatic heterocycles. The molecule has 0 spiro atoms. The van der Waals surface area contributed by atoms with Gasteiger partial charge in [0.1, 0.15) is 0 Å². The Balaban J connectivity index is 1.68. The van der Waals surface area contributed by atoms with E-state index in [1.807, 2.05) is 6.20 Å². The highest BCUT2D eigenvalue weighted by atomic mass is 16.2. The normalized spacial score (nSPS) is 17.6. The zero-order chi connectivity index (χ0) is 17.6. The molecule has 1 fully saturated rings. The number of hydrogen-bond acceptors (Lipinski definition) is 4. The third-order valence-electron chi connectivity index (χ3n) is 4.73. The lowest BCUT2D eigenvalue weighted by molar-refractivity contribution is -0.128. The van der Waals surface area contributed by atoms with E-state index in [1.165, 1.54) is 12.0 Å². The SMILES string of the molecule is CN(C)C(=O)CCc1cncc(C2CCCN2Cc2ccccc2)n1. The predicted octanol–water partition coefficient (Wildman–Crippen LogP) is 2.83. The quantitative estimate of drug-likeness (QED) is 0.813. The highest BCUT2D eigenvalue weighted by Crippen LogP contribution is 2.31. The molecule has 1 aliphatic heterocycles. The van der Waals surface area contributed by atoms with Crippen LogP contribution in [-0.2, 0) is 17.8 Å². The maximum Gasteiger partial charge on any atom is 0.222 e. The van der Waals surface area contributed by atoms with Crippen molar-refractivity contribution in [1.29, 1.82) is 0 Å². The third kappa shape index (κ3) is 4.63. The van der Waals surface area contributed by atoms with Crippen LogP contribution in [0, 0.1) is 0 Å². The average Bonchev–Trinajstić information content (AvgIpc) is 3.09. The second-order valence-corrected chi connectivity index (χ2v) is 6.84. The van der Waals surface area contributed by atoms with Gasteiger partial charge in [0.05, 0.1) is 17.4 Å². The molecular formula is C20H26N4O. The molecule has 0 saturated carbocycles. The van der Waals surface area contributed by atoms with Crippen LogP contribution >= 0.6 is 0 Å². The second-order valence-electron chi connectivity index (χ2n) is 6.84. The first-order valence-electron chi connectivity index (χ1n) is 8.92. The number of benzene rings is 1. The minimum atomic E-state index is 0.124. The molecule has 1 unspecified atom stereocenters. The van der Waals surface area contributed by atoms with Gasteiger partial charge in [0.15, 0.2) is 0 Å². The van der Waals surface area contributed by atoms with Gasteiger partial charge >= 0.3 is 0 Å². The van der Waals surface area contributed by atoms with Crippen LogP contribution in [0.15, 0.2) is 42.7 Å². The number of nitrogens with zero attached hydrogens (tertiary/aromatic N) is 4. The van der Waals surface area contributed by atoms with Gasteiger partial charge in [-0.2, -0.15) is 0 Å². The lowest BCUT2D eigenvalue weighted by Crippen LogP contribution is -2.24. The lowest BCUT2D eigenvalue weighted by Gasteiger charge is -2.24. The fourth-order valence-electron chi connectivity index (χ4n) is 3.33. The van der Waals surface area contributed by atoms with Crippen LogP contribution < -0.4 is 0 Å². The minimum Gasteiger partial charge on any atom is -0.349 e. The van der Waals surface area contributed by atoms with Gasteiger partial charge in [-0.15, -0.1) is 0 Å². The van der Waals surface area contributed by atoms with Crippen molar-refractivity contribution in [3.63, 3.8) is 0 Å². The van der Waals surface area contributed by atoms with Gasteiger partial charge in [-0.3, -0.25) is 19.7 Å². The van der Waals surface area contributed by atoms with Crippen molar-refractivity contribution in [2.45, 2.75) is 38.3 Å². The summed E-state index contributed by atoms with van der Waals surface area (Å²) in [5.41, 5.74) is 3.26. The fraction of sp³-hybridized carbons (Fsp3) is 0.450. The standard InChI is InChI=1S/C20H26N4O/c1-23(2)20(25)11-10-17-13-21-14-18(22-17)19-9-6-12-24(19)15-16-7-4-3-5-8-16/h3-5,7-8,13-14,19H,6,9-12,15H2,1-2H3. The van der Waals surface area contributed by atoms with Crippen molar-refractivity contribution in [3.8, 4) is 0 Å². The first-order chi connectivity index (χ1) is 12.1. The highest BCUT2D eigenvalue weighted by Gasteiger charge is 2.27. The summed E-state index contributed by atoms with van der Waals surface area (Å²) in [5.74, 6) is 0.124. The molecule has 132 valence electrons. The predicted molar refractivity (Wildman–Crippen MR) is 97.9 cm³/mol. The maximum absolute atomic E-state index is 11.8. The van der Waals surface area contributed by atoms with Crippen molar-refractivity contribution >= 4 is 5.91 Å². The summed E-state index contributed by atoms with van der Waals surface area (Å²) in [6, 6.07) is 10.9. The molecule has 1 atom stereocenters. The molecule has 25 heavy (non-hydrogen) atoms. The van der Waals surface area contributed by atoms with Crippen molar-refractivity contribution in [2.24, 2.45) is 0 Å². The summed E-state index contributed by atoms with van der Waals surface area (Å²) in [7, 11) is 3.56. The van der Waals surface area contributed by atoms with Crippen molar-refractivity contribution < 1.29 is 4.79 Å². The van der Waals surface area contributed by atoms with E-state index in [0.29, 0.717) is 18.9 Å². The smallest absolute Gasteiger partial charge is 0.222 e. The van der Waals surface area contributed by atoms with E-state index in [2.05, 4.69) is 40.2 Å². The first kappa shape index (κ1) is 17.5. The van der Waals surface area contributed by atoms with Gasteiger partial charge in [0, 0.05) is 39.5 Å². The molecular weight excluding hydrogens is 312 g/mol. The number of carbonyl (C=O) groups excluding carboxylic acids is 1. The fourth-order valence-corrected chi connectivity index (χ4v) is 3.33. The number of likely N-dealkylation sites (tertiary alicyclic amines) is 1. The Labute approximate surface area is 149 Å². The number of aryl methyl sites for hydroxylation is 1. The molecule has 0 N–H and O–H groups in total. The van der Waals surface area contributed by atoms with Crippen molar-refractivity contribution in [2.75, 3.05) is 20.6 Å². The van der Waals surface area contributed by atoms with E-state index in [-0.39, 0.29) is 5.91 Å². The Morgan fingerprint density at radius 2 is 2.04 bits per heavy atom. The molecule has 2 heterocycles. The molecule has 1 aromatic carbocycles. The summed E-state index contributed by atoms with van der Waals surface area (Å²) in [6.07, 6.45) is 7.07. The molecule has 5 nitrogen and oxygen atoms in total. The van der Waals surface area contributed by atoms with Gasteiger partial charge < -0.3 is 4.90 Å². The Bertz CT molecular complexity index is 702. The largest absolute Gasteiger partial charge is 0.349 e. The van der Waals surface area contributed by atoms with E-state index in [1.54, 1.807) is 25.2 Å². The number of carbonyl (C=O) groups is 1. The number of amides is 1. The second kappa shape index (κ2) is 8.21. The van der Waals surface area contributed by atoms with Gasteiger partial charge in [0.25, 0.3) is 0 Å². The summed E-state index contributed by atoms with van der Waals surface area (Å²) in [6.45, 7) is 2.03. The van der Waals surface area contributed by atoms with Crippen LogP contribution in [0.3, 0.4) is 0 Å². The van der Waals surface area contributed by atoms with Crippen molar-refractivity contribution in [1.82, 2.24) is 19.8 Å². The number of aromatic nitrogens is 2. The minimum absolute atomic E-state index is 0.124. The monoisotopic (exact) mass is 338 g/mol.